The van der Waals surface area contributed by atoms with Crippen molar-refractivity contribution >= 4 is 17.5 Å². The Kier molecular flexibility index (Phi) is 3.62. The maximum Gasteiger partial charge on any atom is 0.435 e. The molecule has 0 atom stereocenters. The minimum absolute atomic E-state index is 0.206. The van der Waals surface area contributed by atoms with Crippen molar-refractivity contribution in [2.45, 2.75) is 13.0 Å². The van der Waals surface area contributed by atoms with Gasteiger partial charge in [-0.2, -0.15) is 0 Å². The Morgan fingerprint density at radius 1 is 1.80 bits per heavy atom. The second kappa shape index (κ2) is 4.75. The summed E-state index contributed by atoms with van der Waals surface area (Å²) in [6, 6.07) is 0. The SMILES string of the molecule is C=CCn1cc(CC(=C)Cl)nc1[N+](=O)[O-]. The number of aromatic nitrogens is 2. The van der Waals surface area contributed by atoms with Crippen LogP contribution >= 0.6 is 11.6 Å². The molecular weight excluding hydrogens is 218 g/mol. The first kappa shape index (κ1) is 11.5. The Bertz CT molecular complexity index is 411. The van der Waals surface area contributed by atoms with Crippen molar-refractivity contribution in [1.82, 2.24) is 9.55 Å². The van der Waals surface area contributed by atoms with Crippen LogP contribution in [0.2, 0.25) is 0 Å². The lowest BCUT2D eigenvalue weighted by molar-refractivity contribution is -0.396. The maximum atomic E-state index is 10.6. The van der Waals surface area contributed by atoms with Gasteiger partial charge in [0.1, 0.15) is 6.20 Å². The van der Waals surface area contributed by atoms with Gasteiger partial charge in [0.05, 0.1) is 6.54 Å². The molecule has 0 amide bonds. The quantitative estimate of drug-likeness (QED) is 0.440. The first-order chi connectivity index (χ1) is 7.04. The number of hydrogen-bond donors (Lipinski definition) is 0. The van der Waals surface area contributed by atoms with E-state index >= 15 is 0 Å². The van der Waals surface area contributed by atoms with Gasteiger partial charge in [0.25, 0.3) is 0 Å². The van der Waals surface area contributed by atoms with E-state index in [0.29, 0.717) is 23.7 Å². The minimum atomic E-state index is -0.538. The number of nitro groups is 1. The largest absolute Gasteiger partial charge is 0.435 e. The number of halogens is 1. The lowest BCUT2D eigenvalue weighted by Gasteiger charge is -1.95. The van der Waals surface area contributed by atoms with Crippen molar-refractivity contribution < 1.29 is 4.92 Å². The normalized spacial score (nSPS) is 9.93. The highest BCUT2D eigenvalue weighted by Gasteiger charge is 2.18. The van der Waals surface area contributed by atoms with Gasteiger partial charge >= 0.3 is 5.95 Å². The van der Waals surface area contributed by atoms with E-state index in [9.17, 15) is 10.1 Å². The van der Waals surface area contributed by atoms with Crippen LogP contribution in [0.1, 0.15) is 5.69 Å². The van der Waals surface area contributed by atoms with E-state index in [1.807, 2.05) is 0 Å². The van der Waals surface area contributed by atoms with Crippen LogP contribution in [-0.2, 0) is 13.0 Å². The zero-order valence-electron chi connectivity index (χ0n) is 8.02. The molecule has 1 aromatic rings. The molecule has 0 aromatic carbocycles. The Labute approximate surface area is 91.8 Å². The highest BCUT2D eigenvalue weighted by Crippen LogP contribution is 2.15. The molecule has 0 bridgehead atoms. The Hall–Kier alpha value is -1.62. The summed E-state index contributed by atoms with van der Waals surface area (Å²) in [4.78, 5) is 13.9. The van der Waals surface area contributed by atoms with Crippen LogP contribution < -0.4 is 0 Å². The van der Waals surface area contributed by atoms with E-state index in [1.165, 1.54) is 4.57 Å². The maximum absolute atomic E-state index is 10.6. The monoisotopic (exact) mass is 227 g/mol. The average Bonchev–Trinajstić information content (AvgIpc) is 2.47. The molecule has 15 heavy (non-hydrogen) atoms. The number of allylic oxidation sites excluding steroid dienone is 2. The predicted molar refractivity (Wildman–Crippen MR) is 57.8 cm³/mol. The van der Waals surface area contributed by atoms with Gasteiger partial charge in [0.2, 0.25) is 0 Å². The van der Waals surface area contributed by atoms with Crippen LogP contribution in [0.25, 0.3) is 0 Å². The summed E-state index contributed by atoms with van der Waals surface area (Å²) in [5.74, 6) is -0.206. The summed E-state index contributed by atoms with van der Waals surface area (Å²) in [5, 5.41) is 11.0. The van der Waals surface area contributed by atoms with Gasteiger partial charge in [-0.1, -0.05) is 35.8 Å². The molecule has 0 saturated heterocycles. The summed E-state index contributed by atoms with van der Waals surface area (Å²) in [5.41, 5.74) is 0.531. The molecule has 0 unspecified atom stereocenters. The number of nitrogens with zero attached hydrogens (tertiary/aromatic N) is 3. The lowest BCUT2D eigenvalue weighted by atomic mass is 10.3. The topological polar surface area (TPSA) is 61.0 Å². The fraction of sp³-hybridized carbons (Fsp3) is 0.222. The van der Waals surface area contributed by atoms with Crippen LogP contribution in [0.4, 0.5) is 5.95 Å². The fourth-order valence-electron chi connectivity index (χ4n) is 1.16. The molecule has 0 radical (unpaired) electrons. The van der Waals surface area contributed by atoms with Crippen molar-refractivity contribution in [3.05, 3.63) is 46.3 Å². The van der Waals surface area contributed by atoms with Crippen molar-refractivity contribution in [2.75, 3.05) is 0 Å². The van der Waals surface area contributed by atoms with Crippen LogP contribution in [0.5, 0.6) is 0 Å². The predicted octanol–water partition coefficient (Wildman–Crippen LogP) is 2.27. The van der Waals surface area contributed by atoms with Crippen molar-refractivity contribution in [3.63, 3.8) is 0 Å². The van der Waals surface area contributed by atoms with E-state index < -0.39 is 4.92 Å². The highest BCUT2D eigenvalue weighted by atomic mass is 35.5. The lowest BCUT2D eigenvalue weighted by Crippen LogP contribution is -2.00. The molecule has 0 aliphatic heterocycles. The van der Waals surface area contributed by atoms with Crippen molar-refractivity contribution in [2.24, 2.45) is 0 Å². The molecule has 0 aliphatic rings. The first-order valence-electron chi connectivity index (χ1n) is 4.19. The van der Waals surface area contributed by atoms with E-state index in [2.05, 4.69) is 18.1 Å². The van der Waals surface area contributed by atoms with Crippen molar-refractivity contribution in [1.29, 1.82) is 0 Å². The molecule has 80 valence electrons. The van der Waals surface area contributed by atoms with Crippen LogP contribution in [0, 0.1) is 10.1 Å². The summed E-state index contributed by atoms with van der Waals surface area (Å²) in [6.07, 6.45) is 3.47. The van der Waals surface area contributed by atoms with Crippen LogP contribution in [0.15, 0.2) is 30.5 Å². The zero-order chi connectivity index (χ0) is 11.4. The Balaban J connectivity index is 3.02. The van der Waals surface area contributed by atoms with E-state index in [-0.39, 0.29) is 5.95 Å². The second-order valence-electron chi connectivity index (χ2n) is 2.92. The van der Waals surface area contributed by atoms with Crippen LogP contribution in [0.3, 0.4) is 0 Å². The third kappa shape index (κ3) is 2.92. The number of imidazole rings is 1. The van der Waals surface area contributed by atoms with Gasteiger partial charge in [0, 0.05) is 11.5 Å². The molecule has 0 spiro atoms. The molecule has 1 rings (SSSR count). The summed E-state index contributed by atoms with van der Waals surface area (Å²) in [7, 11) is 0. The second-order valence-corrected chi connectivity index (χ2v) is 3.46. The minimum Gasteiger partial charge on any atom is -0.390 e. The number of rotatable bonds is 5. The molecule has 6 heteroatoms. The fourth-order valence-corrected chi connectivity index (χ4v) is 1.30. The first-order valence-corrected chi connectivity index (χ1v) is 4.57. The van der Waals surface area contributed by atoms with Gasteiger partial charge in [-0.3, -0.25) is 0 Å². The van der Waals surface area contributed by atoms with Gasteiger partial charge in [-0.05, 0) is 4.92 Å². The standard InChI is InChI=1S/C9H10ClN3O2/c1-3-4-12-6-8(5-7(2)10)11-9(12)13(14)15/h3,6H,1-2,4-5H2. The molecule has 1 aromatic heterocycles. The molecule has 5 nitrogen and oxygen atoms in total. The Morgan fingerprint density at radius 3 is 2.93 bits per heavy atom. The summed E-state index contributed by atoms with van der Waals surface area (Å²) >= 11 is 5.60. The molecule has 0 N–H and O–H groups in total. The third-order valence-corrected chi connectivity index (χ3v) is 1.80. The average molecular weight is 228 g/mol. The number of hydrogen-bond acceptors (Lipinski definition) is 3. The molecular formula is C9H10ClN3O2. The molecule has 0 aliphatic carbocycles. The van der Waals surface area contributed by atoms with E-state index in [1.54, 1.807) is 12.3 Å². The molecule has 0 saturated carbocycles. The third-order valence-electron chi connectivity index (χ3n) is 1.67. The van der Waals surface area contributed by atoms with Crippen molar-refractivity contribution in [3.8, 4) is 0 Å². The molecule has 1 heterocycles. The summed E-state index contributed by atoms with van der Waals surface area (Å²) < 4.78 is 1.40. The molecule has 0 fully saturated rings. The highest BCUT2D eigenvalue weighted by molar-refractivity contribution is 6.29. The Morgan fingerprint density at radius 2 is 2.47 bits per heavy atom. The smallest absolute Gasteiger partial charge is 0.390 e. The van der Waals surface area contributed by atoms with Gasteiger partial charge in [-0.25, -0.2) is 4.57 Å². The van der Waals surface area contributed by atoms with E-state index in [0.717, 1.165) is 0 Å². The van der Waals surface area contributed by atoms with Crippen LogP contribution in [-0.4, -0.2) is 14.5 Å². The van der Waals surface area contributed by atoms with Gasteiger partial charge in [0.15, 0.2) is 5.69 Å². The van der Waals surface area contributed by atoms with Gasteiger partial charge in [-0.15, -0.1) is 0 Å². The van der Waals surface area contributed by atoms with Gasteiger partial charge < -0.3 is 10.1 Å². The van der Waals surface area contributed by atoms with E-state index in [4.69, 9.17) is 11.6 Å². The zero-order valence-corrected chi connectivity index (χ0v) is 8.78. The summed E-state index contributed by atoms with van der Waals surface area (Å²) in [6.45, 7) is 7.36.